The average Bonchev–Trinajstić information content (AvgIpc) is 2.19. The molecule has 1 aromatic rings. The molecule has 0 bridgehead atoms. The van der Waals surface area contributed by atoms with Gasteiger partial charge in [-0.15, -0.1) is 0 Å². The third kappa shape index (κ3) is 4.03. The summed E-state index contributed by atoms with van der Waals surface area (Å²) < 4.78 is 11.0. The summed E-state index contributed by atoms with van der Waals surface area (Å²) in [5, 5.41) is 3.03. The van der Waals surface area contributed by atoms with Crippen LogP contribution in [0.4, 0.5) is 11.5 Å². The van der Waals surface area contributed by atoms with E-state index < -0.39 is 16.7 Å². The third-order valence-corrected chi connectivity index (χ3v) is 3.05. The third-order valence-electron chi connectivity index (χ3n) is 2.08. The fraction of sp³-hybridized carbons (Fsp3) is 0.400. The summed E-state index contributed by atoms with van der Waals surface area (Å²) in [6, 6.07) is 1.48. The van der Waals surface area contributed by atoms with Gasteiger partial charge in [0, 0.05) is 28.9 Å². The number of hydrogen-bond donors (Lipinski definition) is 3. The first kappa shape index (κ1) is 13.4. The second-order valence-corrected chi connectivity index (χ2v) is 5.29. The maximum Gasteiger partial charge on any atom is 0.250 e. The Kier molecular flexibility index (Phi) is 4.45. The van der Waals surface area contributed by atoms with Crippen molar-refractivity contribution in [3.05, 3.63) is 17.8 Å². The first-order chi connectivity index (χ1) is 7.90. The quantitative estimate of drug-likeness (QED) is 0.683. The van der Waals surface area contributed by atoms with Crippen molar-refractivity contribution in [3.63, 3.8) is 0 Å². The number of hydrogen-bond acceptors (Lipinski definition) is 5. The van der Waals surface area contributed by atoms with Crippen LogP contribution in [0.15, 0.2) is 12.3 Å². The molecular weight excluding hydrogens is 240 g/mol. The van der Waals surface area contributed by atoms with E-state index >= 15 is 0 Å². The molecule has 0 aliphatic rings. The lowest BCUT2D eigenvalue weighted by molar-refractivity contribution is 0.100. The van der Waals surface area contributed by atoms with Crippen LogP contribution in [0.2, 0.25) is 0 Å². The van der Waals surface area contributed by atoms with Crippen LogP contribution < -0.4 is 16.8 Å². The maximum atomic E-state index is 11.1. The molecule has 2 unspecified atom stereocenters. The van der Waals surface area contributed by atoms with Crippen LogP contribution in [-0.4, -0.2) is 33.2 Å². The molecular formula is C10H16N4O2S. The Balaban J connectivity index is 2.82. The van der Waals surface area contributed by atoms with Gasteiger partial charge < -0.3 is 16.8 Å². The predicted octanol–water partition coefficient (Wildman–Crippen LogP) is -0.0584. The van der Waals surface area contributed by atoms with Crippen molar-refractivity contribution in [1.82, 2.24) is 4.98 Å². The molecule has 1 heterocycles. The van der Waals surface area contributed by atoms with E-state index in [1.807, 2.05) is 6.92 Å². The first-order valence-corrected chi connectivity index (χ1v) is 6.74. The number of carbonyl (C=O) groups is 1. The summed E-state index contributed by atoms with van der Waals surface area (Å²) >= 11 is 0. The molecule has 5 N–H and O–H groups in total. The minimum Gasteiger partial charge on any atom is -0.397 e. The van der Waals surface area contributed by atoms with Crippen molar-refractivity contribution in [2.45, 2.75) is 13.0 Å². The van der Waals surface area contributed by atoms with Gasteiger partial charge in [0.2, 0.25) is 0 Å². The molecule has 0 aliphatic heterocycles. The number of nitrogens with zero attached hydrogens (tertiary/aromatic N) is 1. The van der Waals surface area contributed by atoms with Crippen LogP contribution in [0.1, 0.15) is 17.3 Å². The fourth-order valence-corrected chi connectivity index (χ4v) is 2.19. The van der Waals surface area contributed by atoms with Crippen molar-refractivity contribution >= 4 is 28.2 Å². The molecule has 0 aliphatic carbocycles. The number of pyridine rings is 1. The average molecular weight is 256 g/mol. The summed E-state index contributed by atoms with van der Waals surface area (Å²) in [7, 11) is -0.894. The lowest BCUT2D eigenvalue weighted by Crippen LogP contribution is -2.23. The zero-order chi connectivity index (χ0) is 13.0. The minimum absolute atomic E-state index is 0.0160. The molecule has 17 heavy (non-hydrogen) atoms. The van der Waals surface area contributed by atoms with Crippen LogP contribution in [0.3, 0.4) is 0 Å². The van der Waals surface area contributed by atoms with E-state index in [9.17, 15) is 9.00 Å². The summed E-state index contributed by atoms with van der Waals surface area (Å²) in [6.45, 7) is 1.88. The fourth-order valence-electron chi connectivity index (χ4n) is 1.40. The van der Waals surface area contributed by atoms with Crippen molar-refractivity contribution in [1.29, 1.82) is 0 Å². The van der Waals surface area contributed by atoms with Gasteiger partial charge in [0.05, 0.1) is 17.4 Å². The normalized spacial score (nSPS) is 14.0. The van der Waals surface area contributed by atoms with Gasteiger partial charge >= 0.3 is 0 Å². The standard InChI is InChI=1S/C10H16N4O2S/c1-6(5-17(2)16)14-9-3-7(10(12)15)8(11)4-13-9/h3-4,6H,5,11H2,1-2H3,(H2,12,15)(H,13,14). The molecule has 1 amide bonds. The van der Waals surface area contributed by atoms with E-state index in [2.05, 4.69) is 10.3 Å². The summed E-state index contributed by atoms with van der Waals surface area (Å²) in [6.07, 6.45) is 3.00. The number of nitrogen functional groups attached to an aromatic ring is 1. The van der Waals surface area contributed by atoms with Crippen molar-refractivity contribution < 1.29 is 9.00 Å². The van der Waals surface area contributed by atoms with Crippen molar-refractivity contribution in [2.24, 2.45) is 5.73 Å². The van der Waals surface area contributed by atoms with E-state index in [0.717, 1.165) is 0 Å². The van der Waals surface area contributed by atoms with E-state index in [0.29, 0.717) is 11.6 Å². The molecule has 1 aromatic heterocycles. The van der Waals surface area contributed by atoms with Gasteiger partial charge in [-0.2, -0.15) is 0 Å². The number of primary amides is 1. The topological polar surface area (TPSA) is 111 Å². The van der Waals surface area contributed by atoms with Crippen LogP contribution >= 0.6 is 0 Å². The van der Waals surface area contributed by atoms with Crippen molar-refractivity contribution in [2.75, 3.05) is 23.1 Å². The molecule has 0 spiro atoms. The number of anilines is 2. The largest absolute Gasteiger partial charge is 0.397 e. The van der Waals surface area contributed by atoms with E-state index in [1.165, 1.54) is 12.3 Å². The monoisotopic (exact) mass is 256 g/mol. The first-order valence-electron chi connectivity index (χ1n) is 5.02. The van der Waals surface area contributed by atoms with Crippen LogP contribution in [0.25, 0.3) is 0 Å². The Labute approximate surface area is 102 Å². The zero-order valence-corrected chi connectivity index (χ0v) is 10.6. The van der Waals surface area contributed by atoms with Gasteiger partial charge in [-0.25, -0.2) is 4.98 Å². The minimum atomic E-state index is -0.894. The van der Waals surface area contributed by atoms with E-state index in [-0.39, 0.29) is 17.3 Å². The van der Waals surface area contributed by atoms with Gasteiger partial charge in [0.1, 0.15) is 5.82 Å². The maximum absolute atomic E-state index is 11.1. The molecule has 7 heteroatoms. The number of aromatic nitrogens is 1. The summed E-state index contributed by atoms with van der Waals surface area (Å²) in [4.78, 5) is 15.1. The molecule has 0 aromatic carbocycles. The lowest BCUT2D eigenvalue weighted by atomic mass is 10.2. The molecule has 0 radical (unpaired) electrons. The Bertz CT molecular complexity index is 450. The summed E-state index contributed by atoms with van der Waals surface area (Å²) in [5.74, 6) is 0.392. The Morgan fingerprint density at radius 1 is 1.65 bits per heavy atom. The molecule has 0 saturated carbocycles. The molecule has 1 rings (SSSR count). The zero-order valence-electron chi connectivity index (χ0n) is 9.77. The van der Waals surface area contributed by atoms with Gasteiger partial charge in [0.15, 0.2) is 0 Å². The second-order valence-electron chi connectivity index (χ2n) is 3.81. The Morgan fingerprint density at radius 3 is 2.82 bits per heavy atom. The number of carbonyl (C=O) groups excluding carboxylic acids is 1. The summed E-state index contributed by atoms with van der Waals surface area (Å²) in [5.41, 5.74) is 11.2. The Hall–Kier alpha value is -1.63. The highest BCUT2D eigenvalue weighted by atomic mass is 32.2. The van der Waals surface area contributed by atoms with Gasteiger partial charge in [-0.3, -0.25) is 9.00 Å². The predicted molar refractivity (Wildman–Crippen MR) is 69.2 cm³/mol. The van der Waals surface area contributed by atoms with Gasteiger partial charge in [-0.05, 0) is 13.0 Å². The van der Waals surface area contributed by atoms with Gasteiger partial charge in [-0.1, -0.05) is 0 Å². The number of nitrogens with two attached hydrogens (primary N) is 2. The highest BCUT2D eigenvalue weighted by Crippen LogP contribution is 2.14. The molecule has 2 atom stereocenters. The van der Waals surface area contributed by atoms with Gasteiger partial charge in [0.25, 0.3) is 5.91 Å². The highest BCUT2D eigenvalue weighted by Gasteiger charge is 2.10. The number of amides is 1. The van der Waals surface area contributed by atoms with Crippen molar-refractivity contribution in [3.8, 4) is 0 Å². The number of nitrogens with one attached hydrogen (secondary N) is 1. The van der Waals surface area contributed by atoms with Crippen LogP contribution in [0.5, 0.6) is 0 Å². The Morgan fingerprint density at radius 2 is 2.29 bits per heavy atom. The number of rotatable bonds is 5. The molecule has 0 fully saturated rings. The van der Waals surface area contributed by atoms with Crippen LogP contribution in [0, 0.1) is 0 Å². The SMILES string of the molecule is CC(CS(C)=O)Nc1cc(C(N)=O)c(N)cn1. The van der Waals surface area contributed by atoms with E-state index in [4.69, 9.17) is 11.5 Å². The second kappa shape index (κ2) is 5.62. The molecule has 94 valence electrons. The molecule has 6 nitrogen and oxygen atoms in total. The lowest BCUT2D eigenvalue weighted by Gasteiger charge is -2.13. The van der Waals surface area contributed by atoms with Crippen LogP contribution in [-0.2, 0) is 10.8 Å². The van der Waals surface area contributed by atoms with E-state index in [1.54, 1.807) is 6.26 Å². The smallest absolute Gasteiger partial charge is 0.250 e. The highest BCUT2D eigenvalue weighted by molar-refractivity contribution is 7.84. The molecule has 0 saturated heterocycles.